The minimum atomic E-state index is 0.204. The van der Waals surface area contributed by atoms with E-state index in [1.807, 2.05) is 7.11 Å². The molecule has 0 aromatic rings. The van der Waals surface area contributed by atoms with Gasteiger partial charge in [-0.15, -0.1) is 0 Å². The summed E-state index contributed by atoms with van der Waals surface area (Å²) in [7, 11) is 1.84. The second kappa shape index (κ2) is 7.05. The maximum Gasteiger partial charge on any atom is 0.0710 e. The van der Waals surface area contributed by atoms with Crippen molar-refractivity contribution in [3.63, 3.8) is 0 Å². The molecule has 0 aromatic carbocycles. The number of likely N-dealkylation sites (tertiary alicyclic amines) is 1. The molecule has 1 unspecified atom stereocenters. The summed E-state index contributed by atoms with van der Waals surface area (Å²) in [5, 5.41) is 3.71. The summed E-state index contributed by atoms with van der Waals surface area (Å²) < 4.78 is 5.48. The van der Waals surface area contributed by atoms with Crippen molar-refractivity contribution in [2.45, 2.75) is 65.5 Å². The fraction of sp³-hybridized carbons (Fsp3) is 1.00. The number of ether oxygens (including phenoxy) is 1. The molecule has 1 rings (SSSR count). The van der Waals surface area contributed by atoms with Crippen LogP contribution in [0.15, 0.2) is 0 Å². The molecular weight excluding hydrogens is 236 g/mol. The Hall–Kier alpha value is -0.120. The van der Waals surface area contributed by atoms with E-state index in [-0.39, 0.29) is 5.54 Å². The third-order valence-electron chi connectivity index (χ3n) is 4.62. The molecule has 1 atom stereocenters. The second-order valence-electron chi connectivity index (χ2n) is 7.19. The zero-order valence-electron chi connectivity index (χ0n) is 13.9. The molecule has 0 aromatic heterocycles. The molecule has 0 amide bonds. The van der Waals surface area contributed by atoms with Gasteiger partial charge in [0.25, 0.3) is 0 Å². The van der Waals surface area contributed by atoms with Crippen molar-refractivity contribution in [1.82, 2.24) is 10.2 Å². The second-order valence-corrected chi connectivity index (χ2v) is 7.19. The van der Waals surface area contributed by atoms with Crippen LogP contribution in [0.5, 0.6) is 0 Å². The molecule has 3 heteroatoms. The lowest BCUT2D eigenvalue weighted by molar-refractivity contribution is 0.0921. The molecule has 1 aliphatic rings. The standard InChI is InChI=1S/C16H34N2O/c1-7-16(8-2,12-17-15(3,4)5)13-18-10-9-14(11-18)19-6/h14,17H,7-13H2,1-6H3. The average Bonchev–Trinajstić information content (AvgIpc) is 2.81. The van der Waals surface area contributed by atoms with Gasteiger partial charge in [0, 0.05) is 38.8 Å². The monoisotopic (exact) mass is 270 g/mol. The summed E-state index contributed by atoms with van der Waals surface area (Å²) in [4.78, 5) is 2.59. The minimum Gasteiger partial charge on any atom is -0.380 e. The maximum atomic E-state index is 5.48. The Bertz CT molecular complexity index is 256. The molecule has 1 aliphatic heterocycles. The summed E-state index contributed by atoms with van der Waals surface area (Å²) in [5.41, 5.74) is 0.603. The molecule has 0 spiro atoms. The van der Waals surface area contributed by atoms with Crippen LogP contribution in [-0.4, -0.2) is 49.8 Å². The van der Waals surface area contributed by atoms with Gasteiger partial charge in [0.2, 0.25) is 0 Å². The molecule has 0 radical (unpaired) electrons. The van der Waals surface area contributed by atoms with E-state index in [0.717, 1.165) is 13.1 Å². The SMILES string of the molecule is CCC(CC)(CNC(C)(C)C)CN1CCC(OC)C1. The van der Waals surface area contributed by atoms with Crippen molar-refractivity contribution in [2.75, 3.05) is 33.3 Å². The van der Waals surface area contributed by atoms with Crippen LogP contribution < -0.4 is 5.32 Å². The van der Waals surface area contributed by atoms with Crippen LogP contribution >= 0.6 is 0 Å². The number of hydrogen-bond acceptors (Lipinski definition) is 3. The third kappa shape index (κ3) is 5.41. The molecule has 1 N–H and O–H groups in total. The van der Waals surface area contributed by atoms with E-state index < -0.39 is 0 Å². The normalized spacial score (nSPS) is 22.1. The lowest BCUT2D eigenvalue weighted by Gasteiger charge is -2.38. The van der Waals surface area contributed by atoms with Crippen LogP contribution in [0.2, 0.25) is 0 Å². The van der Waals surface area contributed by atoms with E-state index in [9.17, 15) is 0 Å². The summed E-state index contributed by atoms with van der Waals surface area (Å²) >= 11 is 0. The van der Waals surface area contributed by atoms with E-state index in [1.54, 1.807) is 0 Å². The maximum absolute atomic E-state index is 5.48. The number of nitrogens with zero attached hydrogens (tertiary/aromatic N) is 1. The first-order valence-corrected chi connectivity index (χ1v) is 7.84. The molecule has 114 valence electrons. The summed E-state index contributed by atoms with van der Waals surface area (Å²) in [6, 6.07) is 0. The summed E-state index contributed by atoms with van der Waals surface area (Å²) in [5.74, 6) is 0. The molecule has 1 heterocycles. The van der Waals surface area contributed by atoms with Gasteiger partial charge in [-0.2, -0.15) is 0 Å². The molecular formula is C16H34N2O. The molecule has 0 aliphatic carbocycles. The van der Waals surface area contributed by atoms with Gasteiger partial charge in [-0.1, -0.05) is 13.8 Å². The highest BCUT2D eigenvalue weighted by Gasteiger charge is 2.33. The van der Waals surface area contributed by atoms with Gasteiger partial charge in [0.05, 0.1) is 6.10 Å². The Morgan fingerprint density at radius 3 is 2.26 bits per heavy atom. The van der Waals surface area contributed by atoms with Gasteiger partial charge in [-0.3, -0.25) is 0 Å². The predicted molar refractivity (Wildman–Crippen MR) is 82.6 cm³/mol. The van der Waals surface area contributed by atoms with Crippen LogP contribution in [0, 0.1) is 5.41 Å². The van der Waals surface area contributed by atoms with E-state index in [1.165, 1.54) is 32.4 Å². The molecule has 0 bridgehead atoms. The molecule has 0 saturated carbocycles. The van der Waals surface area contributed by atoms with E-state index in [2.05, 4.69) is 44.8 Å². The molecule has 3 nitrogen and oxygen atoms in total. The van der Waals surface area contributed by atoms with Gasteiger partial charge >= 0.3 is 0 Å². The smallest absolute Gasteiger partial charge is 0.0710 e. The van der Waals surface area contributed by atoms with Crippen LogP contribution in [0.1, 0.15) is 53.9 Å². The predicted octanol–water partition coefficient (Wildman–Crippen LogP) is 2.90. The highest BCUT2D eigenvalue weighted by Crippen LogP contribution is 2.29. The molecule has 1 fully saturated rings. The lowest BCUT2D eigenvalue weighted by Crippen LogP contribution is -2.48. The van der Waals surface area contributed by atoms with Crippen molar-refractivity contribution in [1.29, 1.82) is 0 Å². The van der Waals surface area contributed by atoms with Crippen molar-refractivity contribution in [2.24, 2.45) is 5.41 Å². The Morgan fingerprint density at radius 2 is 1.84 bits per heavy atom. The zero-order valence-corrected chi connectivity index (χ0v) is 13.9. The first-order chi connectivity index (χ1) is 8.84. The van der Waals surface area contributed by atoms with Crippen LogP contribution in [0.4, 0.5) is 0 Å². The first-order valence-electron chi connectivity index (χ1n) is 7.84. The topological polar surface area (TPSA) is 24.5 Å². The fourth-order valence-electron chi connectivity index (χ4n) is 2.84. The first kappa shape index (κ1) is 16.9. The Labute approximate surface area is 120 Å². The highest BCUT2D eigenvalue weighted by atomic mass is 16.5. The van der Waals surface area contributed by atoms with E-state index >= 15 is 0 Å². The number of nitrogens with one attached hydrogen (secondary N) is 1. The van der Waals surface area contributed by atoms with E-state index in [4.69, 9.17) is 4.74 Å². The van der Waals surface area contributed by atoms with Crippen molar-refractivity contribution in [3.05, 3.63) is 0 Å². The van der Waals surface area contributed by atoms with Gasteiger partial charge in [0.15, 0.2) is 0 Å². The Morgan fingerprint density at radius 1 is 1.21 bits per heavy atom. The minimum absolute atomic E-state index is 0.204. The van der Waals surface area contributed by atoms with Gasteiger partial charge < -0.3 is 15.0 Å². The number of hydrogen-bond donors (Lipinski definition) is 1. The Kier molecular flexibility index (Phi) is 6.28. The third-order valence-corrected chi connectivity index (χ3v) is 4.62. The molecule has 1 saturated heterocycles. The Balaban J connectivity index is 2.56. The number of methoxy groups -OCH3 is 1. The molecule has 19 heavy (non-hydrogen) atoms. The highest BCUT2D eigenvalue weighted by molar-refractivity contribution is 4.88. The zero-order chi connectivity index (χ0) is 14.5. The van der Waals surface area contributed by atoms with Gasteiger partial charge in [-0.05, 0) is 45.4 Å². The fourth-order valence-corrected chi connectivity index (χ4v) is 2.84. The van der Waals surface area contributed by atoms with Gasteiger partial charge in [0.1, 0.15) is 0 Å². The summed E-state index contributed by atoms with van der Waals surface area (Å²) in [6.07, 6.45) is 4.11. The average molecular weight is 270 g/mol. The summed E-state index contributed by atoms with van der Waals surface area (Å²) in [6.45, 7) is 16.0. The van der Waals surface area contributed by atoms with Crippen LogP contribution in [0.3, 0.4) is 0 Å². The van der Waals surface area contributed by atoms with Crippen molar-refractivity contribution < 1.29 is 4.74 Å². The van der Waals surface area contributed by atoms with Crippen molar-refractivity contribution in [3.8, 4) is 0 Å². The van der Waals surface area contributed by atoms with Crippen molar-refractivity contribution >= 4 is 0 Å². The van der Waals surface area contributed by atoms with Gasteiger partial charge in [-0.25, -0.2) is 0 Å². The quantitative estimate of drug-likeness (QED) is 0.770. The lowest BCUT2D eigenvalue weighted by atomic mass is 9.81. The van der Waals surface area contributed by atoms with E-state index in [0.29, 0.717) is 11.5 Å². The van der Waals surface area contributed by atoms with Crippen LogP contribution in [-0.2, 0) is 4.74 Å². The number of rotatable bonds is 7. The van der Waals surface area contributed by atoms with Crippen LogP contribution in [0.25, 0.3) is 0 Å². The largest absolute Gasteiger partial charge is 0.380 e.